The summed E-state index contributed by atoms with van der Waals surface area (Å²) >= 11 is 0. The van der Waals surface area contributed by atoms with Gasteiger partial charge < -0.3 is 15.0 Å². The molecule has 2 aromatic rings. The summed E-state index contributed by atoms with van der Waals surface area (Å²) in [6, 6.07) is 10.3. The topological polar surface area (TPSA) is 96.0 Å². The maximum Gasteiger partial charge on any atom is 0.244 e. The molecule has 2 heterocycles. The van der Waals surface area contributed by atoms with Crippen molar-refractivity contribution >= 4 is 33.2 Å². The van der Waals surface area contributed by atoms with Gasteiger partial charge >= 0.3 is 0 Å². The van der Waals surface area contributed by atoms with E-state index in [1.165, 1.54) is 12.0 Å². The molecule has 9 heteroatoms. The van der Waals surface area contributed by atoms with Crippen LogP contribution in [0.15, 0.2) is 41.3 Å². The maximum absolute atomic E-state index is 13.3. The molecule has 0 saturated carbocycles. The van der Waals surface area contributed by atoms with Gasteiger partial charge in [-0.1, -0.05) is 12.5 Å². The summed E-state index contributed by atoms with van der Waals surface area (Å²) in [5, 5.41) is 2.82. The quantitative estimate of drug-likeness (QED) is 0.676. The third kappa shape index (κ3) is 4.81. The van der Waals surface area contributed by atoms with E-state index in [1.807, 2.05) is 19.9 Å². The van der Waals surface area contributed by atoms with Gasteiger partial charge in [0.1, 0.15) is 12.3 Å². The Labute approximate surface area is 200 Å². The van der Waals surface area contributed by atoms with Crippen molar-refractivity contribution in [2.75, 3.05) is 30.4 Å². The van der Waals surface area contributed by atoms with Gasteiger partial charge in [-0.25, -0.2) is 8.42 Å². The lowest BCUT2D eigenvalue weighted by Crippen LogP contribution is -2.42. The summed E-state index contributed by atoms with van der Waals surface area (Å²) in [5.41, 5.74) is 2.83. The molecule has 34 heavy (non-hydrogen) atoms. The zero-order valence-corrected chi connectivity index (χ0v) is 20.7. The van der Waals surface area contributed by atoms with E-state index in [2.05, 4.69) is 5.32 Å². The molecule has 0 spiro atoms. The zero-order valence-electron chi connectivity index (χ0n) is 19.8. The van der Waals surface area contributed by atoms with Crippen molar-refractivity contribution in [1.29, 1.82) is 0 Å². The van der Waals surface area contributed by atoms with Crippen LogP contribution < -0.4 is 15.0 Å². The van der Waals surface area contributed by atoms with Crippen molar-refractivity contribution in [2.24, 2.45) is 0 Å². The Hall–Kier alpha value is -2.91. The number of anilines is 2. The average molecular weight is 486 g/mol. The number of amides is 2. The number of rotatable bonds is 6. The predicted octanol–water partition coefficient (Wildman–Crippen LogP) is 3.48. The highest BCUT2D eigenvalue weighted by Crippen LogP contribution is 2.33. The van der Waals surface area contributed by atoms with Crippen molar-refractivity contribution in [3.63, 3.8) is 0 Å². The van der Waals surface area contributed by atoms with E-state index in [4.69, 9.17) is 4.74 Å². The van der Waals surface area contributed by atoms with E-state index in [9.17, 15) is 18.0 Å². The third-order valence-corrected chi connectivity index (χ3v) is 8.54. The van der Waals surface area contributed by atoms with E-state index in [0.29, 0.717) is 30.1 Å². The number of carbonyl (C=O) groups is 2. The fourth-order valence-corrected chi connectivity index (χ4v) is 6.44. The summed E-state index contributed by atoms with van der Waals surface area (Å²) < 4.78 is 33.4. The average Bonchev–Trinajstić information content (AvgIpc) is 2.81. The van der Waals surface area contributed by atoms with Gasteiger partial charge in [-0.3, -0.25) is 9.59 Å². The number of nitrogens with zero attached hydrogens (tertiary/aromatic N) is 2. The first-order valence-electron chi connectivity index (χ1n) is 11.6. The van der Waals surface area contributed by atoms with Crippen LogP contribution in [0.1, 0.15) is 43.7 Å². The van der Waals surface area contributed by atoms with Gasteiger partial charge in [0.05, 0.1) is 17.7 Å². The van der Waals surface area contributed by atoms with Crippen LogP contribution in [0.5, 0.6) is 5.75 Å². The minimum Gasteiger partial charge on any atom is -0.495 e. The maximum atomic E-state index is 13.3. The normalized spacial score (nSPS) is 19.0. The number of fused-ring (bicyclic) bond motifs is 1. The monoisotopic (exact) mass is 485 g/mol. The number of nitrogens with one attached hydrogen (secondary N) is 1. The van der Waals surface area contributed by atoms with Gasteiger partial charge in [-0.15, -0.1) is 0 Å². The highest BCUT2D eigenvalue weighted by Gasteiger charge is 2.33. The molecular formula is C25H31N3O5S. The number of methoxy groups -OCH3 is 1. The molecule has 2 aromatic carbocycles. The van der Waals surface area contributed by atoms with Crippen LogP contribution in [-0.2, 0) is 26.0 Å². The minimum atomic E-state index is -3.61. The molecule has 2 amide bonds. The highest BCUT2D eigenvalue weighted by atomic mass is 32.2. The molecule has 0 aliphatic carbocycles. The number of hydrogen-bond acceptors (Lipinski definition) is 5. The van der Waals surface area contributed by atoms with Crippen LogP contribution in [0.3, 0.4) is 0 Å². The van der Waals surface area contributed by atoms with E-state index in [-0.39, 0.29) is 35.7 Å². The minimum absolute atomic E-state index is 0.0323. The van der Waals surface area contributed by atoms with Gasteiger partial charge in [-0.2, -0.15) is 4.31 Å². The SMILES string of the molecule is COc1ccc(C)cc1NC(=O)CN1C(=O)CCc2cc(S(=O)(=O)N3CCCC[C@H]3C)ccc21. The fraction of sp³-hybridized carbons (Fsp3) is 0.440. The second kappa shape index (κ2) is 9.76. The van der Waals surface area contributed by atoms with E-state index < -0.39 is 10.0 Å². The van der Waals surface area contributed by atoms with Gasteiger partial charge in [0.2, 0.25) is 21.8 Å². The standard InChI is InChI=1S/C25H31N3O5S/c1-17-7-11-23(33-3)21(14-17)26-24(29)16-27-22-10-9-20(15-19(22)8-12-25(27)30)34(31,32)28-13-5-4-6-18(28)2/h7,9-11,14-15,18H,4-6,8,12-13,16H2,1-3H3,(H,26,29)/t18-/m1/s1. The smallest absolute Gasteiger partial charge is 0.244 e. The van der Waals surface area contributed by atoms with Gasteiger partial charge in [0.25, 0.3) is 0 Å². The molecule has 4 rings (SSSR count). The zero-order chi connectivity index (χ0) is 24.5. The Kier molecular flexibility index (Phi) is 6.95. The summed E-state index contributed by atoms with van der Waals surface area (Å²) in [7, 11) is -2.09. The van der Waals surface area contributed by atoms with E-state index in [1.54, 1.807) is 34.6 Å². The Morgan fingerprint density at radius 3 is 2.68 bits per heavy atom. The lowest BCUT2D eigenvalue weighted by molar-refractivity contribution is -0.121. The second-order valence-electron chi connectivity index (χ2n) is 8.98. The Morgan fingerprint density at radius 2 is 1.94 bits per heavy atom. The molecule has 2 aliphatic rings. The van der Waals surface area contributed by atoms with E-state index in [0.717, 1.165) is 30.4 Å². The predicted molar refractivity (Wildman–Crippen MR) is 131 cm³/mol. The summed E-state index contributed by atoms with van der Waals surface area (Å²) in [6.07, 6.45) is 3.41. The molecule has 182 valence electrons. The largest absolute Gasteiger partial charge is 0.495 e. The molecular weight excluding hydrogens is 454 g/mol. The first-order valence-corrected chi connectivity index (χ1v) is 13.0. The highest BCUT2D eigenvalue weighted by molar-refractivity contribution is 7.89. The summed E-state index contributed by atoms with van der Waals surface area (Å²) in [5.74, 6) is 0.00849. The number of hydrogen-bond donors (Lipinski definition) is 1. The third-order valence-electron chi connectivity index (χ3n) is 6.53. The number of aryl methyl sites for hydroxylation is 2. The summed E-state index contributed by atoms with van der Waals surface area (Å²) in [4.78, 5) is 27.2. The second-order valence-corrected chi connectivity index (χ2v) is 10.9. The van der Waals surface area contributed by atoms with Crippen molar-refractivity contribution in [1.82, 2.24) is 4.31 Å². The Bertz CT molecular complexity index is 1210. The van der Waals surface area contributed by atoms with E-state index >= 15 is 0 Å². The van der Waals surface area contributed by atoms with Crippen molar-refractivity contribution in [2.45, 2.75) is 56.9 Å². The Morgan fingerprint density at radius 1 is 1.15 bits per heavy atom. The number of benzene rings is 2. The number of ether oxygens (including phenoxy) is 1. The van der Waals surface area contributed by atoms with Crippen LogP contribution in [0.4, 0.5) is 11.4 Å². The van der Waals surface area contributed by atoms with Crippen molar-refractivity contribution < 1.29 is 22.7 Å². The van der Waals surface area contributed by atoms with Crippen LogP contribution >= 0.6 is 0 Å². The van der Waals surface area contributed by atoms with Gasteiger partial charge in [0, 0.05) is 24.7 Å². The van der Waals surface area contributed by atoms with Crippen LogP contribution in [0, 0.1) is 6.92 Å². The van der Waals surface area contributed by atoms with Crippen LogP contribution in [-0.4, -0.2) is 50.8 Å². The lowest BCUT2D eigenvalue weighted by Gasteiger charge is -2.33. The molecule has 1 atom stereocenters. The number of piperidine rings is 1. The first kappa shape index (κ1) is 24.2. The summed E-state index contributed by atoms with van der Waals surface area (Å²) in [6.45, 7) is 4.21. The van der Waals surface area contributed by atoms with Gasteiger partial charge in [0.15, 0.2) is 0 Å². The van der Waals surface area contributed by atoms with Crippen molar-refractivity contribution in [3.8, 4) is 5.75 Å². The molecule has 1 saturated heterocycles. The molecule has 2 aliphatic heterocycles. The number of carbonyl (C=O) groups excluding carboxylic acids is 2. The van der Waals surface area contributed by atoms with Crippen molar-refractivity contribution in [3.05, 3.63) is 47.5 Å². The first-order chi connectivity index (χ1) is 16.2. The molecule has 0 radical (unpaired) electrons. The molecule has 0 unspecified atom stereocenters. The molecule has 1 fully saturated rings. The molecule has 0 bridgehead atoms. The van der Waals surface area contributed by atoms with Crippen LogP contribution in [0.25, 0.3) is 0 Å². The number of sulfonamides is 1. The van der Waals surface area contributed by atoms with Crippen LogP contribution in [0.2, 0.25) is 0 Å². The molecule has 1 N–H and O–H groups in total. The fourth-order valence-electron chi connectivity index (χ4n) is 4.69. The Balaban J connectivity index is 1.56. The molecule has 0 aromatic heterocycles. The van der Waals surface area contributed by atoms with Gasteiger partial charge in [-0.05, 0) is 74.6 Å². The molecule has 8 nitrogen and oxygen atoms in total. The lowest BCUT2D eigenvalue weighted by atomic mass is 10.0.